The first-order valence-corrected chi connectivity index (χ1v) is 9.73. The van der Waals surface area contributed by atoms with Crippen LogP contribution in [0.15, 0.2) is 48.5 Å². The van der Waals surface area contributed by atoms with E-state index < -0.39 is 36.2 Å². The number of fused-ring (bicyclic) bond motifs is 2. The number of amides is 2. The molecule has 31 heavy (non-hydrogen) atoms. The van der Waals surface area contributed by atoms with Gasteiger partial charge in [-0.15, -0.1) is 0 Å². The second-order valence-corrected chi connectivity index (χ2v) is 7.54. The zero-order valence-electron chi connectivity index (χ0n) is 16.4. The standard InChI is InChI=1S/C22H20N2O7/c25-19(26)17-9-13-5-1-3-7-15(13)11-23(17)21(29)31-22(30)24-12-16-8-4-2-6-14(16)10-18(24)20(27)28/h1-8,17-18H,9-12H2,(H,25,26)(H,27,28). The lowest BCUT2D eigenvalue weighted by atomic mass is 9.94. The number of rotatable bonds is 2. The summed E-state index contributed by atoms with van der Waals surface area (Å²) in [6, 6.07) is 11.9. The maximum Gasteiger partial charge on any atom is 0.419 e. The van der Waals surface area contributed by atoms with Gasteiger partial charge in [0.2, 0.25) is 0 Å². The van der Waals surface area contributed by atoms with Crippen molar-refractivity contribution in [1.82, 2.24) is 9.80 Å². The van der Waals surface area contributed by atoms with Crippen LogP contribution < -0.4 is 0 Å². The number of carbonyl (C=O) groups is 4. The van der Waals surface area contributed by atoms with Gasteiger partial charge in [-0.3, -0.25) is 9.80 Å². The van der Waals surface area contributed by atoms with Crippen molar-refractivity contribution in [2.24, 2.45) is 0 Å². The molecule has 4 rings (SSSR count). The maximum atomic E-state index is 12.7. The molecule has 160 valence electrons. The van der Waals surface area contributed by atoms with Gasteiger partial charge in [0.1, 0.15) is 12.1 Å². The number of nitrogens with zero attached hydrogens (tertiary/aromatic N) is 2. The fourth-order valence-electron chi connectivity index (χ4n) is 4.06. The van der Waals surface area contributed by atoms with Gasteiger partial charge in [-0.2, -0.15) is 0 Å². The van der Waals surface area contributed by atoms with Gasteiger partial charge in [0.15, 0.2) is 0 Å². The Morgan fingerprint density at radius 1 is 0.677 bits per heavy atom. The number of hydrogen-bond donors (Lipinski definition) is 2. The number of carbonyl (C=O) groups excluding carboxylic acids is 2. The summed E-state index contributed by atoms with van der Waals surface area (Å²) in [7, 11) is 0. The average molecular weight is 424 g/mol. The summed E-state index contributed by atoms with van der Waals surface area (Å²) in [6.07, 6.45) is -2.06. The molecule has 2 unspecified atom stereocenters. The van der Waals surface area contributed by atoms with E-state index in [1.54, 1.807) is 48.5 Å². The van der Waals surface area contributed by atoms with Gasteiger partial charge >= 0.3 is 24.1 Å². The van der Waals surface area contributed by atoms with E-state index in [1.165, 1.54) is 0 Å². The summed E-state index contributed by atoms with van der Waals surface area (Å²) < 4.78 is 4.97. The summed E-state index contributed by atoms with van der Waals surface area (Å²) in [5.41, 5.74) is 3.15. The van der Waals surface area contributed by atoms with Crippen molar-refractivity contribution in [2.45, 2.75) is 38.0 Å². The molecule has 2 atom stereocenters. The minimum atomic E-state index is -1.21. The molecule has 2 aliphatic heterocycles. The van der Waals surface area contributed by atoms with E-state index >= 15 is 0 Å². The van der Waals surface area contributed by atoms with Crippen LogP contribution in [-0.2, 0) is 40.3 Å². The zero-order valence-corrected chi connectivity index (χ0v) is 16.4. The summed E-state index contributed by atoms with van der Waals surface area (Å²) in [5.74, 6) is -2.43. The molecule has 0 spiro atoms. The van der Waals surface area contributed by atoms with Gasteiger partial charge in [0.05, 0.1) is 13.1 Å². The molecule has 0 saturated heterocycles. The van der Waals surface area contributed by atoms with Crippen LogP contribution >= 0.6 is 0 Å². The van der Waals surface area contributed by atoms with E-state index in [1.807, 2.05) is 0 Å². The van der Waals surface area contributed by atoms with Gasteiger partial charge in [-0.25, -0.2) is 19.2 Å². The van der Waals surface area contributed by atoms with Crippen molar-refractivity contribution < 1.29 is 34.1 Å². The third kappa shape index (κ3) is 3.94. The van der Waals surface area contributed by atoms with E-state index in [9.17, 15) is 29.4 Å². The van der Waals surface area contributed by atoms with Gasteiger partial charge in [-0.1, -0.05) is 48.5 Å². The zero-order chi connectivity index (χ0) is 22.1. The number of hydrogen-bond acceptors (Lipinski definition) is 5. The van der Waals surface area contributed by atoms with Gasteiger partial charge in [0.25, 0.3) is 0 Å². The van der Waals surface area contributed by atoms with Crippen molar-refractivity contribution in [1.29, 1.82) is 0 Å². The number of carboxylic acid groups (broad SMARTS) is 2. The third-order valence-corrected chi connectivity index (χ3v) is 5.71. The molecule has 9 heteroatoms. The van der Waals surface area contributed by atoms with Crippen molar-refractivity contribution in [2.75, 3.05) is 0 Å². The molecule has 0 aromatic heterocycles. The molecular weight excluding hydrogens is 404 g/mol. The molecule has 0 saturated carbocycles. The van der Waals surface area contributed by atoms with Gasteiger partial charge in [-0.05, 0) is 22.3 Å². The molecule has 2 aliphatic rings. The van der Waals surface area contributed by atoms with Crippen LogP contribution in [0.5, 0.6) is 0 Å². The van der Waals surface area contributed by atoms with E-state index in [2.05, 4.69) is 0 Å². The van der Waals surface area contributed by atoms with E-state index in [-0.39, 0.29) is 25.9 Å². The summed E-state index contributed by atoms with van der Waals surface area (Å²) in [5, 5.41) is 19.1. The molecule has 2 aromatic rings. The Bertz CT molecular complexity index is 984. The number of aliphatic carboxylic acids is 2. The summed E-state index contributed by atoms with van der Waals surface area (Å²) in [4.78, 5) is 50.9. The second-order valence-electron chi connectivity index (χ2n) is 7.54. The van der Waals surface area contributed by atoms with Crippen molar-refractivity contribution in [3.63, 3.8) is 0 Å². The van der Waals surface area contributed by atoms with Crippen LogP contribution in [0.25, 0.3) is 0 Å². The first-order chi connectivity index (χ1) is 14.8. The monoisotopic (exact) mass is 424 g/mol. The first-order valence-electron chi connectivity index (χ1n) is 9.73. The normalized spacial score (nSPS) is 19.7. The molecule has 2 aromatic carbocycles. The molecule has 9 nitrogen and oxygen atoms in total. The van der Waals surface area contributed by atoms with Crippen LogP contribution in [0.4, 0.5) is 9.59 Å². The first kappa shape index (κ1) is 20.4. The lowest BCUT2D eigenvalue weighted by molar-refractivity contribution is -0.143. The Kier molecular flexibility index (Phi) is 5.33. The predicted molar refractivity (Wildman–Crippen MR) is 106 cm³/mol. The average Bonchev–Trinajstić information content (AvgIpc) is 2.77. The molecule has 2 amide bonds. The van der Waals surface area contributed by atoms with Crippen LogP contribution in [0.3, 0.4) is 0 Å². The highest BCUT2D eigenvalue weighted by atomic mass is 16.6. The van der Waals surface area contributed by atoms with Crippen molar-refractivity contribution in [3.8, 4) is 0 Å². The molecule has 0 fully saturated rings. The molecule has 2 N–H and O–H groups in total. The quantitative estimate of drug-likeness (QED) is 0.709. The minimum absolute atomic E-state index is 0.0234. The van der Waals surface area contributed by atoms with Crippen LogP contribution in [0.1, 0.15) is 22.3 Å². The fraction of sp³-hybridized carbons (Fsp3) is 0.273. The summed E-state index contributed by atoms with van der Waals surface area (Å²) in [6.45, 7) is -0.0467. The van der Waals surface area contributed by atoms with E-state index in [0.717, 1.165) is 32.1 Å². The Labute approximate surface area is 177 Å². The van der Waals surface area contributed by atoms with Crippen LogP contribution in [0.2, 0.25) is 0 Å². The molecule has 0 bridgehead atoms. The molecule has 2 heterocycles. The Morgan fingerprint density at radius 2 is 1.03 bits per heavy atom. The Balaban J connectivity index is 1.54. The molecule has 0 radical (unpaired) electrons. The lowest BCUT2D eigenvalue weighted by Crippen LogP contribution is -2.52. The van der Waals surface area contributed by atoms with Crippen molar-refractivity contribution in [3.05, 3.63) is 70.8 Å². The highest BCUT2D eigenvalue weighted by molar-refractivity contribution is 5.89. The largest absolute Gasteiger partial charge is 0.480 e. The smallest absolute Gasteiger partial charge is 0.419 e. The Hall–Kier alpha value is -3.88. The van der Waals surface area contributed by atoms with Gasteiger partial charge < -0.3 is 14.9 Å². The van der Waals surface area contributed by atoms with Crippen molar-refractivity contribution >= 4 is 24.1 Å². The van der Waals surface area contributed by atoms with Gasteiger partial charge in [0, 0.05) is 12.8 Å². The number of benzene rings is 2. The predicted octanol–water partition coefficient (Wildman–Crippen LogP) is 2.27. The van der Waals surface area contributed by atoms with E-state index in [4.69, 9.17) is 4.74 Å². The highest BCUT2D eigenvalue weighted by Gasteiger charge is 2.40. The Morgan fingerprint density at radius 3 is 1.39 bits per heavy atom. The lowest BCUT2D eigenvalue weighted by Gasteiger charge is -2.36. The molecular formula is C22H20N2O7. The number of ether oxygens (including phenoxy) is 1. The fourth-order valence-corrected chi connectivity index (χ4v) is 4.06. The minimum Gasteiger partial charge on any atom is -0.480 e. The number of carboxylic acids is 2. The SMILES string of the molecule is O=C(O)C1Cc2ccccc2CN1C(=O)OC(=O)N1Cc2ccccc2CC1C(=O)O. The topological polar surface area (TPSA) is 124 Å². The molecule has 0 aliphatic carbocycles. The summed E-state index contributed by atoms with van der Waals surface area (Å²) >= 11 is 0. The van der Waals surface area contributed by atoms with E-state index in [0.29, 0.717) is 0 Å². The second kappa shape index (κ2) is 8.10. The van der Waals surface area contributed by atoms with Crippen LogP contribution in [-0.4, -0.2) is 56.2 Å². The van der Waals surface area contributed by atoms with Crippen LogP contribution in [0, 0.1) is 0 Å². The third-order valence-electron chi connectivity index (χ3n) is 5.71. The maximum absolute atomic E-state index is 12.7. The highest BCUT2D eigenvalue weighted by Crippen LogP contribution is 2.27.